The van der Waals surface area contributed by atoms with Crippen LogP contribution in [0, 0.1) is 0 Å². The molecule has 1 saturated heterocycles. The van der Waals surface area contributed by atoms with Crippen molar-refractivity contribution in [2.24, 2.45) is 0 Å². The minimum atomic E-state index is 0.0717. The largest absolute Gasteiger partial charge is 0.311 e. The van der Waals surface area contributed by atoms with Crippen LogP contribution in [0.25, 0.3) is 0 Å². The zero-order valence-electron chi connectivity index (χ0n) is 11.1. The van der Waals surface area contributed by atoms with Gasteiger partial charge in [0.1, 0.15) is 5.01 Å². The van der Waals surface area contributed by atoms with E-state index in [1.54, 1.807) is 11.3 Å². The average molecular weight is 253 g/mol. The van der Waals surface area contributed by atoms with Gasteiger partial charge in [-0.05, 0) is 20.3 Å². The molecule has 3 nitrogen and oxygen atoms in total. The molecule has 0 spiro atoms. The molecular weight excluding hydrogens is 230 g/mol. The standard InChI is InChI=1S/C13H23N3S/c1-4-5-11-10-16(8-6-14-11)13(2,3)12-15-7-9-17-12/h7,9,11,14H,4-6,8,10H2,1-3H3. The second kappa shape index (κ2) is 5.46. The van der Waals surface area contributed by atoms with Crippen LogP contribution >= 0.6 is 11.3 Å². The minimum Gasteiger partial charge on any atom is -0.311 e. The van der Waals surface area contributed by atoms with Gasteiger partial charge in [0.2, 0.25) is 0 Å². The van der Waals surface area contributed by atoms with E-state index < -0.39 is 0 Å². The molecule has 0 bridgehead atoms. The van der Waals surface area contributed by atoms with Gasteiger partial charge in [-0.25, -0.2) is 4.98 Å². The van der Waals surface area contributed by atoms with Crippen LogP contribution in [0.15, 0.2) is 11.6 Å². The SMILES string of the molecule is CCCC1CN(C(C)(C)c2nccs2)CCN1. The summed E-state index contributed by atoms with van der Waals surface area (Å²) in [5.41, 5.74) is 0.0717. The number of nitrogens with one attached hydrogen (secondary N) is 1. The summed E-state index contributed by atoms with van der Waals surface area (Å²) in [7, 11) is 0. The van der Waals surface area contributed by atoms with Gasteiger partial charge in [-0.1, -0.05) is 13.3 Å². The molecule has 1 fully saturated rings. The van der Waals surface area contributed by atoms with E-state index in [9.17, 15) is 0 Å². The molecule has 1 N–H and O–H groups in total. The van der Waals surface area contributed by atoms with Crippen molar-refractivity contribution in [3.05, 3.63) is 16.6 Å². The summed E-state index contributed by atoms with van der Waals surface area (Å²) >= 11 is 1.76. The first kappa shape index (κ1) is 13.0. The minimum absolute atomic E-state index is 0.0717. The first-order valence-electron chi connectivity index (χ1n) is 6.53. The normalized spacial score (nSPS) is 22.9. The molecule has 0 aromatic carbocycles. The number of hydrogen-bond donors (Lipinski definition) is 1. The predicted molar refractivity (Wildman–Crippen MR) is 73.4 cm³/mol. The summed E-state index contributed by atoms with van der Waals surface area (Å²) in [6, 6.07) is 0.646. The maximum Gasteiger partial charge on any atom is 0.112 e. The van der Waals surface area contributed by atoms with E-state index in [1.807, 2.05) is 6.20 Å². The molecule has 1 aromatic heterocycles. The van der Waals surface area contributed by atoms with E-state index >= 15 is 0 Å². The van der Waals surface area contributed by atoms with Crippen LogP contribution < -0.4 is 5.32 Å². The van der Waals surface area contributed by atoms with E-state index in [1.165, 1.54) is 17.8 Å². The fourth-order valence-electron chi connectivity index (χ4n) is 2.54. The van der Waals surface area contributed by atoms with Crippen LogP contribution in [0.2, 0.25) is 0 Å². The Kier molecular flexibility index (Phi) is 4.17. The number of rotatable bonds is 4. The molecule has 2 rings (SSSR count). The molecule has 0 saturated carbocycles. The lowest BCUT2D eigenvalue weighted by Crippen LogP contribution is -2.56. The van der Waals surface area contributed by atoms with E-state index in [0.717, 1.165) is 19.6 Å². The third kappa shape index (κ3) is 2.87. The van der Waals surface area contributed by atoms with E-state index in [0.29, 0.717) is 6.04 Å². The highest BCUT2D eigenvalue weighted by molar-refractivity contribution is 7.09. The Morgan fingerprint density at radius 2 is 2.41 bits per heavy atom. The van der Waals surface area contributed by atoms with Crippen molar-refractivity contribution >= 4 is 11.3 Å². The van der Waals surface area contributed by atoms with Crippen LogP contribution in [-0.2, 0) is 5.54 Å². The molecule has 2 heterocycles. The van der Waals surface area contributed by atoms with Crippen molar-refractivity contribution in [2.45, 2.75) is 45.2 Å². The van der Waals surface area contributed by atoms with Gasteiger partial charge in [0.15, 0.2) is 0 Å². The number of nitrogens with zero attached hydrogens (tertiary/aromatic N) is 2. The summed E-state index contributed by atoms with van der Waals surface area (Å²) in [6.45, 7) is 10.2. The van der Waals surface area contributed by atoms with Gasteiger partial charge in [0.25, 0.3) is 0 Å². The van der Waals surface area contributed by atoms with Crippen molar-refractivity contribution in [3.63, 3.8) is 0 Å². The lowest BCUT2D eigenvalue weighted by molar-refractivity contribution is 0.0783. The van der Waals surface area contributed by atoms with Gasteiger partial charge < -0.3 is 5.32 Å². The third-order valence-electron chi connectivity index (χ3n) is 3.64. The molecule has 96 valence electrons. The Bertz CT molecular complexity index is 332. The van der Waals surface area contributed by atoms with Crippen LogP contribution in [-0.4, -0.2) is 35.6 Å². The summed E-state index contributed by atoms with van der Waals surface area (Å²) in [6.07, 6.45) is 4.43. The van der Waals surface area contributed by atoms with Gasteiger partial charge in [-0.3, -0.25) is 4.90 Å². The molecule has 0 amide bonds. The molecule has 17 heavy (non-hydrogen) atoms. The second-order valence-electron chi connectivity index (χ2n) is 5.28. The van der Waals surface area contributed by atoms with Crippen LogP contribution in [0.3, 0.4) is 0 Å². The summed E-state index contributed by atoms with van der Waals surface area (Å²) in [5, 5.41) is 6.91. The topological polar surface area (TPSA) is 28.2 Å². The molecular formula is C13H23N3S. The van der Waals surface area contributed by atoms with E-state index in [4.69, 9.17) is 0 Å². The Morgan fingerprint density at radius 3 is 3.06 bits per heavy atom. The maximum absolute atomic E-state index is 4.49. The van der Waals surface area contributed by atoms with Crippen molar-refractivity contribution in [2.75, 3.05) is 19.6 Å². The smallest absolute Gasteiger partial charge is 0.112 e. The lowest BCUT2D eigenvalue weighted by atomic mass is 9.99. The highest BCUT2D eigenvalue weighted by Gasteiger charge is 2.34. The fourth-order valence-corrected chi connectivity index (χ4v) is 3.33. The van der Waals surface area contributed by atoms with E-state index in [2.05, 4.69) is 41.4 Å². The lowest BCUT2D eigenvalue weighted by Gasteiger charge is -2.43. The molecule has 1 aromatic rings. The Hall–Kier alpha value is -0.450. The Morgan fingerprint density at radius 1 is 1.59 bits per heavy atom. The van der Waals surface area contributed by atoms with Gasteiger partial charge in [-0.2, -0.15) is 0 Å². The second-order valence-corrected chi connectivity index (χ2v) is 6.18. The number of piperazine rings is 1. The van der Waals surface area contributed by atoms with Crippen molar-refractivity contribution < 1.29 is 0 Å². The van der Waals surface area contributed by atoms with Gasteiger partial charge in [0, 0.05) is 37.3 Å². The molecule has 4 heteroatoms. The van der Waals surface area contributed by atoms with E-state index in [-0.39, 0.29) is 5.54 Å². The van der Waals surface area contributed by atoms with Gasteiger partial charge in [-0.15, -0.1) is 11.3 Å². The third-order valence-corrected chi connectivity index (χ3v) is 4.72. The molecule has 0 aliphatic carbocycles. The fraction of sp³-hybridized carbons (Fsp3) is 0.769. The number of thiazole rings is 1. The van der Waals surface area contributed by atoms with Crippen molar-refractivity contribution in [3.8, 4) is 0 Å². The molecule has 0 radical (unpaired) electrons. The summed E-state index contributed by atoms with van der Waals surface area (Å²) < 4.78 is 0. The summed E-state index contributed by atoms with van der Waals surface area (Å²) in [4.78, 5) is 7.06. The van der Waals surface area contributed by atoms with Crippen LogP contribution in [0.5, 0.6) is 0 Å². The zero-order chi connectivity index (χ0) is 12.3. The van der Waals surface area contributed by atoms with Gasteiger partial charge >= 0.3 is 0 Å². The highest BCUT2D eigenvalue weighted by Crippen LogP contribution is 2.30. The zero-order valence-corrected chi connectivity index (χ0v) is 11.9. The molecule has 1 atom stereocenters. The molecule has 1 unspecified atom stereocenters. The molecule has 1 aliphatic heterocycles. The summed E-state index contributed by atoms with van der Waals surface area (Å²) in [5.74, 6) is 0. The predicted octanol–water partition coefficient (Wildman–Crippen LogP) is 2.45. The van der Waals surface area contributed by atoms with Crippen LogP contribution in [0.4, 0.5) is 0 Å². The van der Waals surface area contributed by atoms with Crippen molar-refractivity contribution in [1.82, 2.24) is 15.2 Å². The number of hydrogen-bond acceptors (Lipinski definition) is 4. The first-order chi connectivity index (χ1) is 8.14. The first-order valence-corrected chi connectivity index (χ1v) is 7.41. The highest BCUT2D eigenvalue weighted by atomic mass is 32.1. The van der Waals surface area contributed by atoms with Crippen molar-refractivity contribution in [1.29, 1.82) is 0 Å². The number of aromatic nitrogens is 1. The Labute approximate surface area is 108 Å². The molecule has 1 aliphatic rings. The maximum atomic E-state index is 4.49. The Balaban J connectivity index is 2.06. The van der Waals surface area contributed by atoms with Gasteiger partial charge in [0.05, 0.1) is 5.54 Å². The average Bonchev–Trinajstić information content (AvgIpc) is 2.84. The van der Waals surface area contributed by atoms with Crippen LogP contribution in [0.1, 0.15) is 38.6 Å². The quantitative estimate of drug-likeness (QED) is 0.893. The monoisotopic (exact) mass is 253 g/mol.